The minimum Gasteiger partial charge on any atom is -0.444 e. The number of rotatable bonds is 2. The number of aryl methyl sites for hydroxylation is 1. The summed E-state index contributed by atoms with van der Waals surface area (Å²) < 4.78 is 10.3. The minimum absolute atomic E-state index is 0.265. The maximum Gasteiger partial charge on any atom is 0.410 e. The van der Waals surface area contributed by atoms with Gasteiger partial charge >= 0.3 is 6.09 Å². The number of aromatic nitrogens is 1. The first-order chi connectivity index (χ1) is 10.3. The molecule has 0 aliphatic carbocycles. The first-order valence-corrected chi connectivity index (χ1v) is 7.50. The maximum atomic E-state index is 12.4. The molecular formula is C15H23N3O4. The molecule has 0 aromatic carbocycles. The van der Waals surface area contributed by atoms with Gasteiger partial charge in [-0.3, -0.25) is 9.69 Å². The number of ether oxygens (including phenoxy) is 1. The summed E-state index contributed by atoms with van der Waals surface area (Å²) >= 11 is 0. The summed E-state index contributed by atoms with van der Waals surface area (Å²) in [7, 11) is 0. The number of nitrogens with zero attached hydrogens (tertiary/aromatic N) is 2. The molecule has 0 spiro atoms. The lowest BCUT2D eigenvalue weighted by Gasteiger charge is -2.35. The van der Waals surface area contributed by atoms with Crippen molar-refractivity contribution < 1.29 is 18.8 Å². The largest absolute Gasteiger partial charge is 0.444 e. The Balaban J connectivity index is 2.05. The van der Waals surface area contributed by atoms with Crippen molar-refractivity contribution in [3.8, 4) is 0 Å². The van der Waals surface area contributed by atoms with Crippen molar-refractivity contribution in [2.45, 2.75) is 58.6 Å². The fourth-order valence-electron chi connectivity index (χ4n) is 2.38. The molecule has 1 saturated heterocycles. The molecule has 0 bridgehead atoms. The van der Waals surface area contributed by atoms with Crippen molar-refractivity contribution in [3.63, 3.8) is 0 Å². The molecule has 122 valence electrons. The number of amides is 2. The van der Waals surface area contributed by atoms with Gasteiger partial charge in [0.25, 0.3) is 0 Å². The Hall–Kier alpha value is -2.05. The van der Waals surface area contributed by atoms with Crippen molar-refractivity contribution in [3.05, 3.63) is 11.8 Å². The van der Waals surface area contributed by atoms with Gasteiger partial charge in [0.2, 0.25) is 5.91 Å². The van der Waals surface area contributed by atoms with Crippen LogP contribution in [-0.4, -0.2) is 40.2 Å². The topological polar surface area (TPSA) is 84.7 Å². The first-order valence-electron chi connectivity index (χ1n) is 7.50. The van der Waals surface area contributed by atoms with Gasteiger partial charge in [-0.25, -0.2) is 4.79 Å². The van der Waals surface area contributed by atoms with E-state index in [2.05, 4.69) is 10.5 Å². The average Bonchev–Trinajstić information content (AvgIpc) is 2.82. The molecule has 1 N–H and O–H groups in total. The van der Waals surface area contributed by atoms with Gasteiger partial charge in [-0.1, -0.05) is 5.16 Å². The molecule has 2 amide bonds. The zero-order valence-electron chi connectivity index (χ0n) is 13.5. The molecule has 7 nitrogen and oxygen atoms in total. The second-order valence-corrected chi connectivity index (χ2v) is 6.50. The molecule has 0 unspecified atom stereocenters. The monoisotopic (exact) mass is 309 g/mol. The van der Waals surface area contributed by atoms with Gasteiger partial charge < -0.3 is 14.6 Å². The Kier molecular flexibility index (Phi) is 4.73. The summed E-state index contributed by atoms with van der Waals surface area (Å²) in [5.74, 6) is 0.707. The van der Waals surface area contributed by atoms with E-state index in [-0.39, 0.29) is 5.91 Å². The minimum atomic E-state index is -0.585. The van der Waals surface area contributed by atoms with E-state index in [9.17, 15) is 9.59 Å². The van der Waals surface area contributed by atoms with Crippen LogP contribution < -0.4 is 5.32 Å². The van der Waals surface area contributed by atoms with E-state index >= 15 is 0 Å². The summed E-state index contributed by atoms with van der Waals surface area (Å²) in [4.78, 5) is 26.2. The Morgan fingerprint density at radius 2 is 2.14 bits per heavy atom. The van der Waals surface area contributed by atoms with E-state index in [0.29, 0.717) is 24.5 Å². The van der Waals surface area contributed by atoms with Crippen LogP contribution in [0.4, 0.5) is 10.6 Å². The van der Waals surface area contributed by atoms with E-state index in [0.717, 1.165) is 12.8 Å². The third-order valence-electron chi connectivity index (χ3n) is 3.31. The summed E-state index contributed by atoms with van der Waals surface area (Å²) in [6, 6.07) is 1.10. The lowest BCUT2D eigenvalue weighted by Crippen LogP contribution is -2.51. The van der Waals surface area contributed by atoms with Gasteiger partial charge in [0.15, 0.2) is 5.82 Å². The molecule has 7 heteroatoms. The van der Waals surface area contributed by atoms with Gasteiger partial charge in [-0.2, -0.15) is 0 Å². The fraction of sp³-hybridized carbons (Fsp3) is 0.667. The summed E-state index contributed by atoms with van der Waals surface area (Å²) in [6.45, 7) is 7.69. The van der Waals surface area contributed by atoms with Crippen molar-refractivity contribution in [1.29, 1.82) is 0 Å². The van der Waals surface area contributed by atoms with Crippen molar-refractivity contribution >= 4 is 17.8 Å². The van der Waals surface area contributed by atoms with E-state index in [1.807, 2.05) is 20.8 Å². The number of carbonyl (C=O) groups excluding carboxylic acids is 2. The van der Waals surface area contributed by atoms with Crippen LogP contribution in [0.1, 0.15) is 45.8 Å². The molecule has 1 aromatic rings. The molecular weight excluding hydrogens is 286 g/mol. The molecule has 1 atom stereocenters. The van der Waals surface area contributed by atoms with Crippen LogP contribution >= 0.6 is 0 Å². The van der Waals surface area contributed by atoms with E-state index < -0.39 is 17.7 Å². The highest BCUT2D eigenvalue weighted by molar-refractivity contribution is 5.96. The zero-order valence-corrected chi connectivity index (χ0v) is 13.5. The molecule has 1 fully saturated rings. The Morgan fingerprint density at radius 1 is 1.41 bits per heavy atom. The first kappa shape index (κ1) is 16.3. The Bertz CT molecular complexity index is 547. The van der Waals surface area contributed by atoms with Crippen LogP contribution in [0.5, 0.6) is 0 Å². The van der Waals surface area contributed by atoms with Gasteiger partial charge in [-0.15, -0.1) is 0 Å². The van der Waals surface area contributed by atoms with Crippen LogP contribution in [0.25, 0.3) is 0 Å². The number of carbonyl (C=O) groups is 2. The Labute approximate surface area is 130 Å². The van der Waals surface area contributed by atoms with Crippen LogP contribution in [0, 0.1) is 6.92 Å². The number of likely N-dealkylation sites (tertiary alicyclic amines) is 1. The van der Waals surface area contributed by atoms with Crippen LogP contribution in [0.2, 0.25) is 0 Å². The molecule has 0 radical (unpaired) electrons. The third-order valence-corrected chi connectivity index (χ3v) is 3.31. The third kappa shape index (κ3) is 4.22. The molecule has 2 heterocycles. The molecule has 2 rings (SSSR count). The van der Waals surface area contributed by atoms with Gasteiger partial charge in [-0.05, 0) is 47.0 Å². The lowest BCUT2D eigenvalue weighted by atomic mass is 10.0. The second kappa shape index (κ2) is 6.37. The molecule has 0 saturated carbocycles. The quantitative estimate of drug-likeness (QED) is 0.908. The van der Waals surface area contributed by atoms with E-state index in [1.54, 1.807) is 13.0 Å². The van der Waals surface area contributed by atoms with Crippen LogP contribution in [0.15, 0.2) is 10.6 Å². The highest BCUT2D eigenvalue weighted by Gasteiger charge is 2.35. The maximum absolute atomic E-state index is 12.4. The van der Waals surface area contributed by atoms with Crippen LogP contribution in [-0.2, 0) is 9.53 Å². The zero-order chi connectivity index (χ0) is 16.3. The van der Waals surface area contributed by atoms with Gasteiger partial charge in [0.1, 0.15) is 17.4 Å². The highest BCUT2D eigenvalue weighted by atomic mass is 16.6. The number of hydrogen-bond donors (Lipinski definition) is 1. The number of hydrogen-bond acceptors (Lipinski definition) is 5. The molecule has 22 heavy (non-hydrogen) atoms. The van der Waals surface area contributed by atoms with Crippen molar-refractivity contribution in [2.24, 2.45) is 0 Å². The number of anilines is 1. The lowest BCUT2D eigenvalue weighted by molar-refractivity contribution is -0.122. The van der Waals surface area contributed by atoms with E-state index in [4.69, 9.17) is 9.26 Å². The van der Waals surface area contributed by atoms with E-state index in [1.165, 1.54) is 4.90 Å². The summed E-state index contributed by atoms with van der Waals surface area (Å²) in [6.07, 6.45) is 1.92. The average molecular weight is 309 g/mol. The van der Waals surface area contributed by atoms with Crippen LogP contribution in [0.3, 0.4) is 0 Å². The molecule has 1 aromatic heterocycles. The predicted octanol–water partition coefficient (Wildman–Crippen LogP) is 2.71. The van der Waals surface area contributed by atoms with Gasteiger partial charge in [0, 0.05) is 12.6 Å². The fourth-order valence-corrected chi connectivity index (χ4v) is 2.38. The standard InChI is InChI=1S/C15H23N3O4/c1-10-9-12(17-22-10)16-13(19)11-7-5-6-8-18(11)14(20)21-15(2,3)4/h9,11H,5-8H2,1-4H3,(H,16,17,19)/t11-/m1/s1. The summed E-state index contributed by atoms with van der Waals surface area (Å²) in [5, 5.41) is 6.43. The summed E-state index contributed by atoms with van der Waals surface area (Å²) in [5.41, 5.74) is -0.585. The second-order valence-electron chi connectivity index (χ2n) is 6.50. The Morgan fingerprint density at radius 3 is 2.73 bits per heavy atom. The predicted molar refractivity (Wildman–Crippen MR) is 80.4 cm³/mol. The molecule has 1 aliphatic heterocycles. The van der Waals surface area contributed by atoms with Crippen molar-refractivity contribution in [1.82, 2.24) is 10.1 Å². The SMILES string of the molecule is Cc1cc(NC(=O)[C@H]2CCCCN2C(=O)OC(C)(C)C)no1. The van der Waals surface area contributed by atoms with Crippen molar-refractivity contribution in [2.75, 3.05) is 11.9 Å². The molecule has 1 aliphatic rings. The normalized spacial score (nSPS) is 18.9. The number of piperidine rings is 1. The van der Waals surface area contributed by atoms with Gasteiger partial charge in [0.05, 0.1) is 0 Å². The highest BCUT2D eigenvalue weighted by Crippen LogP contribution is 2.21. The smallest absolute Gasteiger partial charge is 0.410 e. The number of nitrogens with one attached hydrogen (secondary N) is 1.